The molecule has 12 rings (SSSR count). The lowest BCUT2D eigenvalue weighted by Gasteiger charge is -2.27. The van der Waals surface area contributed by atoms with Crippen molar-refractivity contribution in [2.45, 2.75) is 0 Å². The van der Waals surface area contributed by atoms with E-state index in [1.165, 1.54) is 27.5 Å². The average molecular weight is 823 g/mol. The lowest BCUT2D eigenvalue weighted by molar-refractivity contribution is 0.669. The molecule has 4 heteroatoms. The van der Waals surface area contributed by atoms with Crippen LogP contribution in [0.3, 0.4) is 0 Å². The average Bonchev–Trinajstić information content (AvgIpc) is 3.94. The number of nitrogens with zero attached hydrogens (tertiary/aromatic N) is 2. The monoisotopic (exact) mass is 822 g/mol. The van der Waals surface area contributed by atoms with E-state index in [4.69, 9.17) is 9.40 Å². The van der Waals surface area contributed by atoms with Crippen molar-refractivity contribution in [2.75, 3.05) is 4.90 Å². The van der Waals surface area contributed by atoms with Crippen LogP contribution in [0.15, 0.2) is 235 Å². The van der Waals surface area contributed by atoms with Gasteiger partial charge in [0.1, 0.15) is 16.2 Å². The molecule has 0 aliphatic rings. The van der Waals surface area contributed by atoms with Gasteiger partial charge in [0.25, 0.3) is 0 Å². The van der Waals surface area contributed by atoms with Crippen LogP contribution in [-0.2, 0) is 0 Å². The van der Waals surface area contributed by atoms with Crippen LogP contribution in [0.5, 0.6) is 0 Å². The molecule has 3 nitrogen and oxygen atoms in total. The van der Waals surface area contributed by atoms with Crippen molar-refractivity contribution in [3.8, 4) is 55.1 Å². The molecule has 0 amide bonds. The molecule has 0 aliphatic heterocycles. The first-order chi connectivity index (χ1) is 31.2. The van der Waals surface area contributed by atoms with E-state index in [0.29, 0.717) is 0 Å². The van der Waals surface area contributed by atoms with Gasteiger partial charge in [0.15, 0.2) is 0 Å². The first-order valence-corrected chi connectivity index (χ1v) is 22.1. The number of aromatic nitrogens is 1. The second-order valence-corrected chi connectivity index (χ2v) is 17.0. The van der Waals surface area contributed by atoms with Gasteiger partial charge in [-0.3, -0.25) is 0 Å². The number of hydrogen-bond donors (Lipinski definition) is 0. The Kier molecular flexibility index (Phi) is 9.02. The number of hydrogen-bond acceptors (Lipinski definition) is 4. The van der Waals surface area contributed by atoms with E-state index in [9.17, 15) is 0 Å². The van der Waals surface area contributed by atoms with Crippen LogP contribution in [0.1, 0.15) is 0 Å². The molecule has 0 N–H and O–H groups in total. The fourth-order valence-electron chi connectivity index (χ4n) is 9.02. The maximum Gasteiger partial charge on any atom is 0.137 e. The van der Waals surface area contributed by atoms with Gasteiger partial charge in [-0.05, 0) is 110 Å². The highest BCUT2D eigenvalue weighted by Crippen LogP contribution is 2.44. The highest BCUT2D eigenvalue weighted by atomic mass is 32.1. The third-order valence-corrected chi connectivity index (χ3v) is 13.2. The maximum atomic E-state index is 6.63. The van der Waals surface area contributed by atoms with Crippen LogP contribution in [0.2, 0.25) is 0 Å². The van der Waals surface area contributed by atoms with E-state index >= 15 is 0 Å². The van der Waals surface area contributed by atoms with E-state index < -0.39 is 0 Å². The van der Waals surface area contributed by atoms with Gasteiger partial charge in [-0.25, -0.2) is 4.98 Å². The molecular weight excluding hydrogens is 785 g/mol. The van der Waals surface area contributed by atoms with Gasteiger partial charge in [0.05, 0.1) is 10.2 Å². The number of rotatable bonds is 8. The number of thiazole rings is 1. The van der Waals surface area contributed by atoms with Gasteiger partial charge in [-0.15, -0.1) is 11.3 Å². The van der Waals surface area contributed by atoms with Gasteiger partial charge in [0, 0.05) is 39.5 Å². The van der Waals surface area contributed by atoms with Crippen LogP contribution < -0.4 is 4.90 Å². The third kappa shape index (κ3) is 6.74. The minimum absolute atomic E-state index is 0.845. The fourth-order valence-corrected chi connectivity index (χ4v) is 10.0. The summed E-state index contributed by atoms with van der Waals surface area (Å²) in [5.41, 5.74) is 16.3. The number of anilines is 3. The molecule has 10 aromatic carbocycles. The fraction of sp³-hybridized carbons (Fsp3) is 0. The quantitative estimate of drug-likeness (QED) is 0.153. The number of benzene rings is 10. The summed E-state index contributed by atoms with van der Waals surface area (Å²) >= 11 is 1.72. The second kappa shape index (κ2) is 15.4. The maximum absolute atomic E-state index is 6.63. The van der Waals surface area contributed by atoms with Crippen LogP contribution in [0, 0.1) is 0 Å². The normalized spacial score (nSPS) is 11.5. The molecule has 12 aromatic rings. The van der Waals surface area contributed by atoms with E-state index in [2.05, 4.69) is 229 Å². The molecule has 0 spiro atoms. The Bertz CT molecular complexity index is 3610. The smallest absolute Gasteiger partial charge is 0.137 e. The molecule has 2 aromatic heterocycles. The highest BCUT2D eigenvalue weighted by Gasteiger charge is 2.19. The zero-order valence-electron chi connectivity index (χ0n) is 34.2. The zero-order valence-corrected chi connectivity index (χ0v) is 35.0. The van der Waals surface area contributed by atoms with E-state index in [1.807, 2.05) is 6.07 Å². The summed E-state index contributed by atoms with van der Waals surface area (Å²) in [5, 5.41) is 5.70. The second-order valence-electron chi connectivity index (χ2n) is 15.9. The van der Waals surface area contributed by atoms with Crippen LogP contribution >= 0.6 is 11.3 Å². The van der Waals surface area contributed by atoms with Gasteiger partial charge >= 0.3 is 0 Å². The first-order valence-electron chi connectivity index (χ1n) is 21.3. The predicted octanol–water partition coefficient (Wildman–Crippen LogP) is 17.2. The molecular formula is C59H38N2OS. The van der Waals surface area contributed by atoms with Crippen molar-refractivity contribution in [2.24, 2.45) is 0 Å². The van der Waals surface area contributed by atoms with Crippen molar-refractivity contribution in [1.29, 1.82) is 0 Å². The summed E-state index contributed by atoms with van der Waals surface area (Å²) in [6.45, 7) is 0. The van der Waals surface area contributed by atoms with Crippen molar-refractivity contribution in [3.05, 3.63) is 231 Å². The topological polar surface area (TPSA) is 29.3 Å². The summed E-state index contributed by atoms with van der Waals surface area (Å²) in [6.07, 6.45) is 0. The lowest BCUT2D eigenvalue weighted by atomic mass is 9.93. The van der Waals surface area contributed by atoms with Gasteiger partial charge < -0.3 is 9.32 Å². The Morgan fingerprint density at radius 1 is 0.349 bits per heavy atom. The molecule has 0 aliphatic carbocycles. The Labute approximate surface area is 369 Å². The molecule has 0 radical (unpaired) electrons. The van der Waals surface area contributed by atoms with Gasteiger partial charge in [-0.2, -0.15) is 0 Å². The predicted molar refractivity (Wildman–Crippen MR) is 266 cm³/mol. The van der Waals surface area contributed by atoms with Crippen molar-refractivity contribution in [1.82, 2.24) is 4.98 Å². The Balaban J connectivity index is 0.981. The molecule has 296 valence electrons. The number of furan rings is 1. The SMILES string of the molecule is c1ccc(-c2cccc(N(c3ccc(-c4cccc5ccccc45)cc3)c3ccc(-c4ccc5c(c4)oc4cc6nc(-c7ccccc7)sc6cc45)c(-c4ccccc4)c3)c2)cc1. The van der Waals surface area contributed by atoms with Crippen molar-refractivity contribution < 1.29 is 4.42 Å². The van der Waals surface area contributed by atoms with Gasteiger partial charge in [-0.1, -0.05) is 170 Å². The summed E-state index contributed by atoms with van der Waals surface area (Å²) in [7, 11) is 0. The molecule has 0 bridgehead atoms. The summed E-state index contributed by atoms with van der Waals surface area (Å²) in [4.78, 5) is 7.36. The van der Waals surface area contributed by atoms with Crippen LogP contribution in [0.4, 0.5) is 17.1 Å². The Morgan fingerprint density at radius 2 is 0.968 bits per heavy atom. The zero-order chi connectivity index (χ0) is 41.7. The van der Waals surface area contributed by atoms with E-state index in [-0.39, 0.29) is 0 Å². The molecule has 0 unspecified atom stereocenters. The number of fused-ring (bicyclic) bond motifs is 5. The molecule has 0 fully saturated rings. The highest BCUT2D eigenvalue weighted by molar-refractivity contribution is 7.21. The van der Waals surface area contributed by atoms with Crippen molar-refractivity contribution in [3.63, 3.8) is 0 Å². The Morgan fingerprint density at radius 3 is 1.78 bits per heavy atom. The Hall–Kier alpha value is -8.05. The molecule has 2 heterocycles. The molecule has 0 saturated carbocycles. The summed E-state index contributed by atoms with van der Waals surface area (Å²) in [5.74, 6) is 0. The molecule has 0 saturated heterocycles. The largest absolute Gasteiger partial charge is 0.456 e. The van der Waals surface area contributed by atoms with E-state index in [1.54, 1.807) is 11.3 Å². The van der Waals surface area contributed by atoms with Crippen LogP contribution in [0.25, 0.3) is 98.0 Å². The van der Waals surface area contributed by atoms with E-state index in [0.717, 1.165) is 87.6 Å². The summed E-state index contributed by atoms with van der Waals surface area (Å²) in [6, 6.07) is 82.5. The first kappa shape index (κ1) is 36.8. The third-order valence-electron chi connectivity index (χ3n) is 12.1. The van der Waals surface area contributed by atoms with Gasteiger partial charge in [0.2, 0.25) is 0 Å². The lowest BCUT2D eigenvalue weighted by Crippen LogP contribution is -2.10. The minimum Gasteiger partial charge on any atom is -0.456 e. The van der Waals surface area contributed by atoms with Crippen LogP contribution in [-0.4, -0.2) is 4.98 Å². The summed E-state index contributed by atoms with van der Waals surface area (Å²) < 4.78 is 7.78. The minimum atomic E-state index is 0.845. The molecule has 0 atom stereocenters. The van der Waals surface area contributed by atoms with Crippen molar-refractivity contribution >= 4 is 71.3 Å². The standard InChI is InChI=1S/C59H38N2OS/c1-4-14-39(15-5-1)44-22-12-23-47(34-44)61(46-29-26-42(27-30-46)50-25-13-21-40-18-10-11-24-49(40)50)48-31-33-51(53(36-48)41-16-6-2-7-17-41)45-28-32-52-54-37-58-55(38-57(54)62-56(52)35-45)60-59(63-58)43-19-8-3-9-20-43/h1-38H. The molecule has 63 heavy (non-hydrogen) atoms.